The van der Waals surface area contributed by atoms with Crippen LogP contribution < -0.4 is 0 Å². The van der Waals surface area contributed by atoms with Gasteiger partial charge in [-0.05, 0) is 18.8 Å². The lowest BCUT2D eigenvalue weighted by Gasteiger charge is -2.17. The largest absolute Gasteiger partial charge is 0.123 e. The summed E-state index contributed by atoms with van der Waals surface area (Å²) in [4.78, 5) is 0. The molecule has 0 aliphatic carbocycles. The van der Waals surface area contributed by atoms with Crippen LogP contribution in [0.3, 0.4) is 0 Å². The molecule has 0 radical (unpaired) electrons. The molecule has 0 fully saturated rings. The Morgan fingerprint density at radius 2 is 1.18 bits per heavy atom. The van der Waals surface area contributed by atoms with Gasteiger partial charge in [0.1, 0.15) is 0 Å². The maximum atomic E-state index is 6.43. The van der Waals surface area contributed by atoms with Crippen LogP contribution in [-0.4, -0.2) is 5.38 Å². The van der Waals surface area contributed by atoms with E-state index >= 15 is 0 Å². The van der Waals surface area contributed by atoms with Crippen LogP contribution in [-0.2, 0) is 0 Å². The van der Waals surface area contributed by atoms with E-state index in [0.29, 0.717) is 11.3 Å². The van der Waals surface area contributed by atoms with Crippen LogP contribution in [0.4, 0.5) is 0 Å². The van der Waals surface area contributed by atoms with E-state index in [1.165, 1.54) is 70.6 Å². The van der Waals surface area contributed by atoms with Crippen LogP contribution in [0.15, 0.2) is 0 Å². The lowest BCUT2D eigenvalue weighted by molar-refractivity contribution is 0.440. The second-order valence-corrected chi connectivity index (χ2v) is 6.11. The maximum absolute atomic E-state index is 6.43. The molecule has 0 N–H and O–H groups in total. The van der Waals surface area contributed by atoms with Crippen LogP contribution in [0.2, 0.25) is 0 Å². The summed E-state index contributed by atoms with van der Waals surface area (Å²) in [6, 6.07) is 0. The Morgan fingerprint density at radius 3 is 1.82 bits per heavy atom. The van der Waals surface area contributed by atoms with E-state index in [0.717, 1.165) is 0 Å². The molecule has 2 unspecified atom stereocenters. The van der Waals surface area contributed by atoms with Crippen molar-refractivity contribution in [1.82, 2.24) is 0 Å². The smallest absolute Gasteiger partial charge is 0.0361 e. The lowest BCUT2D eigenvalue weighted by atomic mass is 9.95. The van der Waals surface area contributed by atoms with E-state index in [1.54, 1.807) is 0 Å². The zero-order valence-corrected chi connectivity index (χ0v) is 13.1. The van der Waals surface area contributed by atoms with E-state index in [1.807, 2.05) is 0 Å². The molecule has 0 bridgehead atoms. The second-order valence-electron chi connectivity index (χ2n) is 5.55. The molecular weight excluding hydrogens is 228 g/mol. The number of unbranched alkanes of at least 4 members (excludes halogenated alkanes) is 7. The van der Waals surface area contributed by atoms with Crippen molar-refractivity contribution in [3.63, 3.8) is 0 Å². The topological polar surface area (TPSA) is 0 Å². The molecule has 0 saturated heterocycles. The van der Waals surface area contributed by atoms with Gasteiger partial charge < -0.3 is 0 Å². The minimum absolute atomic E-state index is 0.414. The predicted octanol–water partition coefficient (Wildman–Crippen LogP) is 6.56. The summed E-state index contributed by atoms with van der Waals surface area (Å²) in [7, 11) is 0. The van der Waals surface area contributed by atoms with Crippen molar-refractivity contribution < 1.29 is 0 Å². The quantitative estimate of drug-likeness (QED) is 0.275. The number of alkyl halides is 1. The zero-order valence-electron chi connectivity index (χ0n) is 12.3. The maximum Gasteiger partial charge on any atom is 0.0361 e. The molecule has 1 heteroatoms. The number of hydrogen-bond acceptors (Lipinski definition) is 0. The van der Waals surface area contributed by atoms with Gasteiger partial charge in [-0.2, -0.15) is 0 Å². The molecule has 17 heavy (non-hydrogen) atoms. The van der Waals surface area contributed by atoms with Crippen molar-refractivity contribution in [2.24, 2.45) is 5.92 Å². The summed E-state index contributed by atoms with van der Waals surface area (Å²) < 4.78 is 0. The van der Waals surface area contributed by atoms with E-state index < -0.39 is 0 Å². The first-order valence-electron chi connectivity index (χ1n) is 7.86. The third-order valence-corrected chi connectivity index (χ3v) is 4.36. The van der Waals surface area contributed by atoms with Gasteiger partial charge in [-0.3, -0.25) is 0 Å². The van der Waals surface area contributed by atoms with Crippen LogP contribution in [0, 0.1) is 5.92 Å². The van der Waals surface area contributed by atoms with Gasteiger partial charge >= 0.3 is 0 Å². The first-order valence-corrected chi connectivity index (χ1v) is 8.30. The normalized spacial score (nSPS) is 14.8. The molecule has 0 nitrogen and oxygen atoms in total. The monoisotopic (exact) mass is 260 g/mol. The number of halogens is 1. The van der Waals surface area contributed by atoms with Crippen molar-refractivity contribution in [3.05, 3.63) is 0 Å². The SMILES string of the molecule is CCCCCCCCC(C)C(Cl)CCCCC. The highest BCUT2D eigenvalue weighted by Gasteiger charge is 2.13. The van der Waals surface area contributed by atoms with Crippen LogP contribution in [0.1, 0.15) is 91.4 Å². The number of hydrogen-bond donors (Lipinski definition) is 0. The van der Waals surface area contributed by atoms with Crippen molar-refractivity contribution in [2.45, 2.75) is 96.8 Å². The Balaban J connectivity index is 3.34. The van der Waals surface area contributed by atoms with Gasteiger partial charge in [0.15, 0.2) is 0 Å². The predicted molar refractivity (Wildman–Crippen MR) is 80.9 cm³/mol. The Labute approximate surface area is 115 Å². The molecular formula is C16H33Cl. The van der Waals surface area contributed by atoms with Gasteiger partial charge in [0.2, 0.25) is 0 Å². The molecule has 0 spiro atoms. The molecule has 104 valence electrons. The first kappa shape index (κ1) is 17.3. The molecule has 0 rings (SSSR count). The van der Waals surface area contributed by atoms with Crippen LogP contribution in [0.5, 0.6) is 0 Å². The van der Waals surface area contributed by atoms with E-state index in [2.05, 4.69) is 20.8 Å². The van der Waals surface area contributed by atoms with E-state index in [4.69, 9.17) is 11.6 Å². The van der Waals surface area contributed by atoms with Crippen LogP contribution >= 0.6 is 11.6 Å². The molecule has 0 amide bonds. The molecule has 0 aliphatic heterocycles. The average molecular weight is 261 g/mol. The van der Waals surface area contributed by atoms with Gasteiger partial charge in [-0.1, -0.05) is 78.6 Å². The summed E-state index contributed by atoms with van der Waals surface area (Å²) in [6.45, 7) is 6.86. The average Bonchev–Trinajstić information content (AvgIpc) is 2.33. The lowest BCUT2D eigenvalue weighted by Crippen LogP contribution is -2.11. The second kappa shape index (κ2) is 12.7. The summed E-state index contributed by atoms with van der Waals surface area (Å²) in [6.07, 6.45) is 14.9. The Hall–Kier alpha value is 0.290. The molecule has 0 aromatic rings. The Bertz CT molecular complexity index is 144. The fraction of sp³-hybridized carbons (Fsp3) is 1.00. The van der Waals surface area contributed by atoms with Gasteiger partial charge in [0, 0.05) is 5.38 Å². The van der Waals surface area contributed by atoms with Gasteiger partial charge in [0.05, 0.1) is 0 Å². The highest BCUT2D eigenvalue weighted by atomic mass is 35.5. The van der Waals surface area contributed by atoms with E-state index in [-0.39, 0.29) is 0 Å². The summed E-state index contributed by atoms with van der Waals surface area (Å²) in [5, 5.41) is 0.414. The molecule has 0 aromatic heterocycles. The van der Waals surface area contributed by atoms with Crippen LogP contribution in [0.25, 0.3) is 0 Å². The summed E-state index contributed by atoms with van der Waals surface area (Å²) in [5.41, 5.74) is 0. The Kier molecular flexibility index (Phi) is 13.0. The Morgan fingerprint density at radius 1 is 0.706 bits per heavy atom. The van der Waals surface area contributed by atoms with E-state index in [9.17, 15) is 0 Å². The van der Waals surface area contributed by atoms with Gasteiger partial charge in [-0.25, -0.2) is 0 Å². The van der Waals surface area contributed by atoms with Crippen molar-refractivity contribution in [2.75, 3.05) is 0 Å². The molecule has 0 saturated carbocycles. The summed E-state index contributed by atoms with van der Waals surface area (Å²) in [5.74, 6) is 0.708. The third-order valence-electron chi connectivity index (χ3n) is 3.71. The molecule has 2 atom stereocenters. The third kappa shape index (κ3) is 11.1. The summed E-state index contributed by atoms with van der Waals surface area (Å²) >= 11 is 6.43. The zero-order chi connectivity index (χ0) is 12.9. The highest BCUT2D eigenvalue weighted by molar-refractivity contribution is 6.20. The fourth-order valence-electron chi connectivity index (χ4n) is 2.30. The van der Waals surface area contributed by atoms with Gasteiger partial charge in [0.25, 0.3) is 0 Å². The molecule has 0 heterocycles. The van der Waals surface area contributed by atoms with Gasteiger partial charge in [-0.15, -0.1) is 11.6 Å². The first-order chi connectivity index (χ1) is 8.22. The highest BCUT2D eigenvalue weighted by Crippen LogP contribution is 2.23. The minimum Gasteiger partial charge on any atom is -0.123 e. The van der Waals surface area contributed by atoms with Crippen molar-refractivity contribution >= 4 is 11.6 Å². The van der Waals surface area contributed by atoms with Crippen molar-refractivity contribution in [3.8, 4) is 0 Å². The number of rotatable bonds is 12. The minimum atomic E-state index is 0.414. The standard InChI is InChI=1S/C16H33Cl/c1-4-6-8-9-10-12-13-15(3)16(17)14-11-7-5-2/h15-16H,4-14H2,1-3H3. The molecule has 0 aliphatic rings. The van der Waals surface area contributed by atoms with Crippen molar-refractivity contribution in [1.29, 1.82) is 0 Å². The fourth-order valence-corrected chi connectivity index (χ4v) is 2.58. The molecule has 0 aromatic carbocycles.